The maximum Gasteiger partial charge on any atom is 0.115 e. The van der Waals surface area contributed by atoms with E-state index in [0.29, 0.717) is 12.1 Å². The molecule has 1 aliphatic rings. The van der Waals surface area contributed by atoms with Crippen LogP contribution in [0.1, 0.15) is 31.4 Å². The molecule has 112 valence electrons. The van der Waals surface area contributed by atoms with Crippen molar-refractivity contribution >= 4 is 0 Å². The molecule has 5 heteroatoms. The van der Waals surface area contributed by atoms with E-state index in [9.17, 15) is 0 Å². The van der Waals surface area contributed by atoms with Gasteiger partial charge in [-0.2, -0.15) is 0 Å². The molecule has 2 atom stereocenters. The average molecular weight is 277 g/mol. The van der Waals surface area contributed by atoms with Crippen LogP contribution in [-0.2, 0) is 0 Å². The van der Waals surface area contributed by atoms with Crippen LogP contribution in [0.5, 0.6) is 0 Å². The minimum atomic E-state index is 0.293. The highest BCUT2D eigenvalue weighted by Crippen LogP contribution is 2.22. The van der Waals surface area contributed by atoms with Crippen molar-refractivity contribution < 1.29 is 0 Å². The van der Waals surface area contributed by atoms with Gasteiger partial charge in [0.2, 0.25) is 0 Å². The normalized spacial score (nSPS) is 23.4. The molecule has 0 aromatic carbocycles. The Bertz CT molecular complexity index is 383. The molecular formula is C15H27N5. The summed E-state index contributed by atoms with van der Waals surface area (Å²) in [4.78, 5) is 13.3. The third-order valence-corrected chi connectivity index (χ3v) is 4.05. The molecule has 0 bridgehead atoms. The van der Waals surface area contributed by atoms with Crippen molar-refractivity contribution in [3.05, 3.63) is 24.3 Å². The third kappa shape index (κ3) is 3.98. The fourth-order valence-corrected chi connectivity index (χ4v) is 2.91. The zero-order valence-electron chi connectivity index (χ0n) is 12.9. The molecule has 2 unspecified atom stereocenters. The van der Waals surface area contributed by atoms with E-state index in [2.05, 4.69) is 46.1 Å². The van der Waals surface area contributed by atoms with Crippen LogP contribution in [0.25, 0.3) is 0 Å². The maximum atomic E-state index is 4.19. The van der Waals surface area contributed by atoms with E-state index in [-0.39, 0.29) is 0 Å². The minimum absolute atomic E-state index is 0.293. The summed E-state index contributed by atoms with van der Waals surface area (Å²) in [5, 5.41) is 3.69. The molecule has 0 aliphatic carbocycles. The Morgan fingerprint density at radius 2 is 2.05 bits per heavy atom. The summed E-state index contributed by atoms with van der Waals surface area (Å²) >= 11 is 0. The fourth-order valence-electron chi connectivity index (χ4n) is 2.91. The molecule has 1 aromatic rings. The van der Waals surface area contributed by atoms with Crippen molar-refractivity contribution in [1.29, 1.82) is 0 Å². The monoisotopic (exact) mass is 277 g/mol. The molecule has 2 heterocycles. The smallest absolute Gasteiger partial charge is 0.115 e. The van der Waals surface area contributed by atoms with Gasteiger partial charge in [0.1, 0.15) is 6.33 Å². The molecule has 1 N–H and O–H groups in total. The molecule has 1 aliphatic heterocycles. The Hall–Kier alpha value is -1.04. The quantitative estimate of drug-likeness (QED) is 0.875. The first-order valence-electron chi connectivity index (χ1n) is 7.59. The summed E-state index contributed by atoms with van der Waals surface area (Å²) in [5.74, 6) is 0. The zero-order chi connectivity index (χ0) is 14.4. The Balaban J connectivity index is 2.19. The highest BCUT2D eigenvalue weighted by atomic mass is 15.2. The number of nitrogens with zero attached hydrogens (tertiary/aromatic N) is 4. The van der Waals surface area contributed by atoms with E-state index in [1.54, 1.807) is 6.33 Å². The van der Waals surface area contributed by atoms with Crippen molar-refractivity contribution in [1.82, 2.24) is 25.1 Å². The Labute approximate surface area is 122 Å². The summed E-state index contributed by atoms with van der Waals surface area (Å²) < 4.78 is 0. The van der Waals surface area contributed by atoms with Crippen LogP contribution in [0.15, 0.2) is 18.7 Å². The highest BCUT2D eigenvalue weighted by Gasteiger charge is 2.29. The number of aromatic nitrogens is 2. The molecule has 0 spiro atoms. The summed E-state index contributed by atoms with van der Waals surface area (Å²) in [6.45, 7) is 6.62. The molecule has 1 aromatic heterocycles. The SMILES string of the molecule is CCCNC(c1cncnc1)C1CN(C)CCCN1C. The number of rotatable bonds is 5. The number of nitrogens with one attached hydrogen (secondary N) is 1. The van der Waals surface area contributed by atoms with Crippen molar-refractivity contribution in [3.63, 3.8) is 0 Å². The van der Waals surface area contributed by atoms with Gasteiger partial charge < -0.3 is 15.1 Å². The van der Waals surface area contributed by atoms with Gasteiger partial charge in [-0.15, -0.1) is 0 Å². The molecular weight excluding hydrogens is 250 g/mol. The van der Waals surface area contributed by atoms with E-state index in [0.717, 1.165) is 26.1 Å². The van der Waals surface area contributed by atoms with Gasteiger partial charge in [0.15, 0.2) is 0 Å². The van der Waals surface area contributed by atoms with Gasteiger partial charge in [0.25, 0.3) is 0 Å². The van der Waals surface area contributed by atoms with Gasteiger partial charge in [-0.05, 0) is 46.6 Å². The lowest BCUT2D eigenvalue weighted by Gasteiger charge is -2.35. The van der Waals surface area contributed by atoms with Gasteiger partial charge in [-0.1, -0.05) is 6.92 Å². The Kier molecular flexibility index (Phi) is 5.88. The first kappa shape index (κ1) is 15.4. The maximum absolute atomic E-state index is 4.19. The van der Waals surface area contributed by atoms with Crippen LogP contribution in [0, 0.1) is 0 Å². The predicted molar refractivity (Wildman–Crippen MR) is 81.6 cm³/mol. The van der Waals surface area contributed by atoms with E-state index in [4.69, 9.17) is 0 Å². The molecule has 5 nitrogen and oxygen atoms in total. The van der Waals surface area contributed by atoms with Crippen molar-refractivity contribution in [2.24, 2.45) is 0 Å². The zero-order valence-corrected chi connectivity index (χ0v) is 12.9. The van der Waals surface area contributed by atoms with Crippen LogP contribution in [-0.4, -0.2) is 66.1 Å². The molecule has 1 fully saturated rings. The van der Waals surface area contributed by atoms with Crippen molar-refractivity contribution in [2.45, 2.75) is 31.8 Å². The average Bonchev–Trinajstić information content (AvgIpc) is 2.62. The minimum Gasteiger partial charge on any atom is -0.308 e. The fraction of sp³-hybridized carbons (Fsp3) is 0.733. The summed E-state index contributed by atoms with van der Waals surface area (Å²) in [5.41, 5.74) is 1.19. The largest absolute Gasteiger partial charge is 0.308 e. The van der Waals surface area contributed by atoms with Gasteiger partial charge in [-0.3, -0.25) is 0 Å². The predicted octanol–water partition coefficient (Wildman–Crippen LogP) is 1.15. The van der Waals surface area contributed by atoms with E-state index < -0.39 is 0 Å². The third-order valence-electron chi connectivity index (χ3n) is 4.05. The Morgan fingerprint density at radius 1 is 1.30 bits per heavy atom. The van der Waals surface area contributed by atoms with Crippen LogP contribution in [0.4, 0.5) is 0 Å². The van der Waals surface area contributed by atoms with E-state index >= 15 is 0 Å². The first-order chi connectivity index (χ1) is 9.72. The molecule has 0 saturated carbocycles. The van der Waals surface area contributed by atoms with Crippen molar-refractivity contribution in [3.8, 4) is 0 Å². The molecule has 1 saturated heterocycles. The standard InChI is InChI=1S/C15H27N5/c1-4-6-18-15(13-9-16-12-17-10-13)14-11-19(2)7-5-8-20(14)3/h9-10,12,14-15,18H,4-8,11H2,1-3H3. The molecule has 2 rings (SSSR count). The number of hydrogen-bond donors (Lipinski definition) is 1. The van der Waals surface area contributed by atoms with Gasteiger partial charge in [-0.25, -0.2) is 9.97 Å². The Morgan fingerprint density at radius 3 is 2.75 bits per heavy atom. The number of hydrogen-bond acceptors (Lipinski definition) is 5. The van der Waals surface area contributed by atoms with Crippen LogP contribution < -0.4 is 5.32 Å². The summed E-state index contributed by atoms with van der Waals surface area (Å²) in [6, 6.07) is 0.752. The lowest BCUT2D eigenvalue weighted by Crippen LogP contribution is -2.47. The van der Waals surface area contributed by atoms with Crippen molar-refractivity contribution in [2.75, 3.05) is 40.3 Å². The van der Waals surface area contributed by atoms with Gasteiger partial charge >= 0.3 is 0 Å². The highest BCUT2D eigenvalue weighted by molar-refractivity contribution is 5.13. The van der Waals surface area contributed by atoms with Crippen LogP contribution in [0.3, 0.4) is 0 Å². The molecule has 0 radical (unpaired) electrons. The lowest BCUT2D eigenvalue weighted by atomic mass is 10.00. The lowest BCUT2D eigenvalue weighted by molar-refractivity contribution is 0.178. The van der Waals surface area contributed by atoms with Crippen LogP contribution in [0.2, 0.25) is 0 Å². The second kappa shape index (κ2) is 7.67. The van der Waals surface area contributed by atoms with Gasteiger partial charge in [0, 0.05) is 30.5 Å². The molecule has 0 amide bonds. The first-order valence-corrected chi connectivity index (χ1v) is 7.59. The molecule has 20 heavy (non-hydrogen) atoms. The number of likely N-dealkylation sites (N-methyl/N-ethyl adjacent to an activating group) is 2. The second-order valence-electron chi connectivity index (χ2n) is 5.77. The summed E-state index contributed by atoms with van der Waals surface area (Å²) in [6.07, 6.45) is 7.85. The van der Waals surface area contributed by atoms with E-state index in [1.807, 2.05) is 12.4 Å². The topological polar surface area (TPSA) is 44.3 Å². The summed E-state index contributed by atoms with van der Waals surface area (Å²) in [7, 11) is 4.44. The van der Waals surface area contributed by atoms with Crippen LogP contribution >= 0.6 is 0 Å². The van der Waals surface area contributed by atoms with E-state index in [1.165, 1.54) is 18.5 Å². The van der Waals surface area contributed by atoms with Gasteiger partial charge in [0.05, 0.1) is 6.04 Å². The second-order valence-corrected chi connectivity index (χ2v) is 5.77.